The Labute approximate surface area is 185 Å². The maximum absolute atomic E-state index is 14.5. The molecule has 0 saturated carbocycles. The summed E-state index contributed by atoms with van der Waals surface area (Å²) in [6.07, 6.45) is -3.32. The number of alkyl halides is 5. The first-order valence-electron chi connectivity index (χ1n) is 10.0. The molecule has 8 nitrogen and oxygen atoms in total. The molecule has 0 aromatic carbocycles. The Morgan fingerprint density at radius 3 is 2.55 bits per heavy atom. The normalized spacial score (nSPS) is 20.0. The molecule has 0 spiro atoms. The minimum atomic E-state index is -5.08. The molecule has 3 N–H and O–H groups in total. The zero-order valence-corrected chi connectivity index (χ0v) is 17.6. The first kappa shape index (κ1) is 26.5. The van der Waals surface area contributed by atoms with Gasteiger partial charge in [0.15, 0.2) is 11.6 Å². The van der Waals surface area contributed by atoms with Crippen LogP contribution in [0.2, 0.25) is 0 Å². The van der Waals surface area contributed by atoms with Crippen LogP contribution in [-0.4, -0.2) is 66.9 Å². The summed E-state index contributed by atoms with van der Waals surface area (Å²) in [5.41, 5.74) is 0.365. The molecule has 1 aromatic rings. The number of carbonyl (C=O) groups excluding carboxylic acids is 1. The van der Waals surface area contributed by atoms with Gasteiger partial charge in [-0.15, -0.1) is 0 Å². The zero-order valence-electron chi connectivity index (χ0n) is 17.6. The number of halogens is 6. The first-order valence-corrected chi connectivity index (χ1v) is 10.0. The van der Waals surface area contributed by atoms with E-state index >= 15 is 0 Å². The number of nitrogens with one attached hydrogen (secondary N) is 2. The highest BCUT2D eigenvalue weighted by molar-refractivity contribution is 5.82. The van der Waals surface area contributed by atoms with Gasteiger partial charge >= 0.3 is 12.1 Å². The van der Waals surface area contributed by atoms with Gasteiger partial charge in [0.05, 0.1) is 19.7 Å². The number of aliphatic carboxylic acids is 1. The number of carboxylic acids is 1. The Bertz CT molecular complexity index is 846. The van der Waals surface area contributed by atoms with Crippen molar-refractivity contribution >= 4 is 17.7 Å². The van der Waals surface area contributed by atoms with Crippen molar-refractivity contribution in [2.45, 2.75) is 50.4 Å². The maximum atomic E-state index is 14.5. The largest absolute Gasteiger partial charge is 0.490 e. The number of hydrogen-bond donors (Lipinski definition) is 3. The van der Waals surface area contributed by atoms with Crippen LogP contribution in [0.1, 0.15) is 31.2 Å². The van der Waals surface area contributed by atoms with E-state index in [0.29, 0.717) is 12.1 Å². The smallest absolute Gasteiger partial charge is 0.481 e. The second kappa shape index (κ2) is 10.9. The number of amides is 1. The number of piperidine rings is 1. The Balaban J connectivity index is 0.000000479. The molecule has 33 heavy (non-hydrogen) atoms. The monoisotopic (exact) mass is 486 g/mol. The minimum absolute atomic E-state index is 0.0561. The van der Waals surface area contributed by atoms with Crippen LogP contribution in [0.3, 0.4) is 0 Å². The van der Waals surface area contributed by atoms with Crippen molar-refractivity contribution in [3.63, 3.8) is 0 Å². The second-order valence-electron chi connectivity index (χ2n) is 7.51. The van der Waals surface area contributed by atoms with E-state index in [1.807, 2.05) is 0 Å². The molecular formula is C19H24F6N4O4. The summed E-state index contributed by atoms with van der Waals surface area (Å²) < 4.78 is 78.6. The lowest BCUT2D eigenvalue weighted by molar-refractivity contribution is -0.192. The Hall–Kier alpha value is -2.77. The molecule has 1 amide bonds. The van der Waals surface area contributed by atoms with E-state index in [0.717, 1.165) is 19.4 Å². The standard InChI is InChI=1S/C17H23F3N4O2.C2HF3O2/c1-26-16-11(9-22-15(25)13-4-2-6-21-13)8-12(18)14(23-16)24-7-3-5-17(19,20)10-24;3-2(4,5)1(6)7/h8,13,21H,2-7,9-10H2,1H3,(H,22,25);(H,6,7)/t13-;/m0./s1. The van der Waals surface area contributed by atoms with Crippen LogP contribution in [0, 0.1) is 5.82 Å². The fraction of sp³-hybridized carbons (Fsp3) is 0.632. The molecule has 2 aliphatic heterocycles. The number of carboxylic acid groups (broad SMARTS) is 1. The molecule has 14 heteroatoms. The summed E-state index contributed by atoms with van der Waals surface area (Å²) in [5.74, 6) is -6.51. The van der Waals surface area contributed by atoms with Gasteiger partial charge in [-0.25, -0.2) is 18.0 Å². The average molecular weight is 486 g/mol. The zero-order chi connectivity index (χ0) is 24.8. The van der Waals surface area contributed by atoms with Gasteiger partial charge in [-0.2, -0.15) is 18.2 Å². The number of carbonyl (C=O) groups is 2. The van der Waals surface area contributed by atoms with Crippen molar-refractivity contribution in [1.29, 1.82) is 0 Å². The number of anilines is 1. The van der Waals surface area contributed by atoms with Gasteiger partial charge in [0.25, 0.3) is 5.92 Å². The summed E-state index contributed by atoms with van der Waals surface area (Å²) in [6.45, 7) is 0.600. The third-order valence-corrected chi connectivity index (χ3v) is 4.95. The molecule has 0 bridgehead atoms. The van der Waals surface area contributed by atoms with Crippen molar-refractivity contribution < 1.29 is 45.8 Å². The van der Waals surface area contributed by atoms with Gasteiger partial charge in [-0.05, 0) is 31.9 Å². The third kappa shape index (κ3) is 7.65. The average Bonchev–Trinajstić information content (AvgIpc) is 3.26. The van der Waals surface area contributed by atoms with Crippen molar-refractivity contribution in [3.05, 3.63) is 17.4 Å². The first-order chi connectivity index (χ1) is 15.3. The van der Waals surface area contributed by atoms with Crippen molar-refractivity contribution in [2.24, 2.45) is 0 Å². The van der Waals surface area contributed by atoms with E-state index in [-0.39, 0.29) is 43.0 Å². The topological polar surface area (TPSA) is 104 Å². The highest BCUT2D eigenvalue weighted by atomic mass is 19.4. The SMILES string of the molecule is COc1nc(N2CCCC(F)(F)C2)c(F)cc1CNC(=O)[C@@H]1CCCN1.O=C(O)C(F)(F)F. The van der Waals surface area contributed by atoms with Crippen LogP contribution in [0.4, 0.5) is 32.2 Å². The van der Waals surface area contributed by atoms with E-state index in [9.17, 15) is 31.1 Å². The molecule has 0 radical (unpaired) electrons. The van der Waals surface area contributed by atoms with E-state index in [1.165, 1.54) is 18.1 Å². The molecule has 1 atom stereocenters. The fourth-order valence-electron chi connectivity index (χ4n) is 3.39. The Kier molecular flexibility index (Phi) is 8.75. The van der Waals surface area contributed by atoms with Crippen molar-refractivity contribution in [2.75, 3.05) is 31.6 Å². The number of methoxy groups -OCH3 is 1. The van der Waals surface area contributed by atoms with Crippen LogP contribution in [-0.2, 0) is 16.1 Å². The Morgan fingerprint density at radius 2 is 2.03 bits per heavy atom. The predicted octanol–water partition coefficient (Wildman–Crippen LogP) is 2.47. The van der Waals surface area contributed by atoms with Gasteiger partial charge in [0.1, 0.15) is 0 Å². The summed E-state index contributed by atoms with van der Waals surface area (Å²) in [5, 5.41) is 12.9. The maximum Gasteiger partial charge on any atom is 0.490 e. The summed E-state index contributed by atoms with van der Waals surface area (Å²) in [6, 6.07) is 0.949. The number of rotatable bonds is 5. The van der Waals surface area contributed by atoms with Crippen LogP contribution in [0.5, 0.6) is 5.88 Å². The molecule has 3 heterocycles. The van der Waals surface area contributed by atoms with E-state index in [4.69, 9.17) is 14.6 Å². The van der Waals surface area contributed by atoms with Crippen molar-refractivity contribution in [3.8, 4) is 5.88 Å². The minimum Gasteiger partial charge on any atom is -0.481 e. The molecular weight excluding hydrogens is 462 g/mol. The third-order valence-electron chi connectivity index (χ3n) is 4.95. The summed E-state index contributed by atoms with van der Waals surface area (Å²) in [4.78, 5) is 26.3. The van der Waals surface area contributed by atoms with Crippen molar-refractivity contribution in [1.82, 2.24) is 15.6 Å². The lowest BCUT2D eigenvalue weighted by Crippen LogP contribution is -2.43. The van der Waals surface area contributed by atoms with Gasteiger partial charge in [0.2, 0.25) is 11.8 Å². The van der Waals surface area contributed by atoms with Crippen LogP contribution in [0.15, 0.2) is 6.07 Å². The number of aromatic nitrogens is 1. The molecule has 3 rings (SSSR count). The number of pyridine rings is 1. The molecule has 2 saturated heterocycles. The van der Waals surface area contributed by atoms with Gasteiger partial charge in [-0.3, -0.25) is 4.79 Å². The molecule has 186 valence electrons. The lowest BCUT2D eigenvalue weighted by atomic mass is 10.1. The number of hydrogen-bond acceptors (Lipinski definition) is 6. The van der Waals surface area contributed by atoms with E-state index < -0.39 is 30.4 Å². The molecule has 0 unspecified atom stereocenters. The number of nitrogens with zero attached hydrogens (tertiary/aromatic N) is 2. The highest BCUT2D eigenvalue weighted by Crippen LogP contribution is 2.32. The summed E-state index contributed by atoms with van der Waals surface area (Å²) >= 11 is 0. The molecule has 0 aliphatic carbocycles. The highest BCUT2D eigenvalue weighted by Gasteiger charge is 2.38. The van der Waals surface area contributed by atoms with Crippen LogP contribution >= 0.6 is 0 Å². The quantitative estimate of drug-likeness (QED) is 0.550. The van der Waals surface area contributed by atoms with Crippen LogP contribution in [0.25, 0.3) is 0 Å². The van der Waals surface area contributed by atoms with Gasteiger partial charge < -0.3 is 25.4 Å². The van der Waals surface area contributed by atoms with Gasteiger partial charge in [-0.1, -0.05) is 0 Å². The Morgan fingerprint density at radius 1 is 1.36 bits per heavy atom. The number of ether oxygens (including phenoxy) is 1. The fourth-order valence-corrected chi connectivity index (χ4v) is 3.39. The van der Waals surface area contributed by atoms with Gasteiger partial charge in [0, 0.05) is 25.1 Å². The molecule has 2 aliphatic rings. The van der Waals surface area contributed by atoms with E-state index in [1.54, 1.807) is 0 Å². The molecule has 2 fully saturated rings. The van der Waals surface area contributed by atoms with Crippen LogP contribution < -0.4 is 20.3 Å². The van der Waals surface area contributed by atoms with E-state index in [2.05, 4.69) is 15.6 Å². The molecule has 1 aromatic heterocycles. The summed E-state index contributed by atoms with van der Waals surface area (Å²) in [7, 11) is 1.37. The lowest BCUT2D eigenvalue weighted by Gasteiger charge is -2.33. The second-order valence-corrected chi connectivity index (χ2v) is 7.51. The predicted molar refractivity (Wildman–Crippen MR) is 104 cm³/mol.